The van der Waals surface area contributed by atoms with E-state index in [2.05, 4.69) is 10.3 Å². The van der Waals surface area contributed by atoms with E-state index in [4.69, 9.17) is 5.11 Å². The second-order valence-corrected chi connectivity index (χ2v) is 3.69. The second kappa shape index (κ2) is 5.27. The van der Waals surface area contributed by atoms with E-state index >= 15 is 0 Å². The molecule has 0 amide bonds. The van der Waals surface area contributed by atoms with Crippen LogP contribution in [-0.4, -0.2) is 22.6 Å². The molecule has 0 saturated heterocycles. The Bertz CT molecular complexity index is 538. The molecule has 18 heavy (non-hydrogen) atoms. The molecule has 2 N–H and O–H groups in total. The Kier molecular flexibility index (Phi) is 3.52. The number of aliphatic carboxylic acids is 1. The molecular formula is C13H11FN2O2. The van der Waals surface area contributed by atoms with Gasteiger partial charge in [-0.15, -0.1) is 0 Å². The molecule has 5 heteroatoms. The minimum atomic E-state index is -0.933. The quantitative estimate of drug-likeness (QED) is 0.869. The largest absolute Gasteiger partial charge is 0.480 e. The molecular weight excluding hydrogens is 235 g/mol. The number of nitrogens with zero attached hydrogens (tertiary/aromatic N) is 1. The Balaban J connectivity index is 2.12. The molecule has 0 spiro atoms. The van der Waals surface area contributed by atoms with E-state index in [9.17, 15) is 9.18 Å². The summed E-state index contributed by atoms with van der Waals surface area (Å²) >= 11 is 0. The van der Waals surface area contributed by atoms with E-state index in [1.165, 1.54) is 12.1 Å². The number of hydrogen-bond acceptors (Lipinski definition) is 3. The molecule has 2 aromatic rings. The van der Waals surface area contributed by atoms with Gasteiger partial charge in [-0.25, -0.2) is 4.39 Å². The lowest BCUT2D eigenvalue weighted by molar-refractivity contribution is -0.134. The predicted octanol–water partition coefficient (Wildman–Crippen LogP) is 2.38. The van der Waals surface area contributed by atoms with Gasteiger partial charge < -0.3 is 10.4 Å². The van der Waals surface area contributed by atoms with Gasteiger partial charge in [0.1, 0.15) is 12.4 Å². The fourth-order valence-electron chi connectivity index (χ4n) is 1.47. The van der Waals surface area contributed by atoms with Crippen molar-refractivity contribution in [2.24, 2.45) is 0 Å². The number of hydrogen-bond donors (Lipinski definition) is 2. The van der Waals surface area contributed by atoms with E-state index in [1.54, 1.807) is 30.5 Å². The number of nitrogens with one attached hydrogen (secondary N) is 1. The van der Waals surface area contributed by atoms with Crippen LogP contribution in [0.15, 0.2) is 42.6 Å². The number of carbonyl (C=O) groups is 1. The van der Waals surface area contributed by atoms with E-state index in [0.29, 0.717) is 11.4 Å². The van der Waals surface area contributed by atoms with Crippen LogP contribution in [-0.2, 0) is 4.79 Å². The molecule has 1 heterocycles. The molecule has 0 atom stereocenters. The molecule has 0 fully saturated rings. The van der Waals surface area contributed by atoms with Crippen molar-refractivity contribution in [2.75, 3.05) is 11.9 Å². The Labute approximate surface area is 103 Å². The monoisotopic (exact) mass is 246 g/mol. The van der Waals surface area contributed by atoms with Gasteiger partial charge in [0.25, 0.3) is 0 Å². The molecule has 1 aromatic heterocycles. The first-order valence-corrected chi connectivity index (χ1v) is 5.33. The average molecular weight is 246 g/mol. The highest BCUT2D eigenvalue weighted by molar-refractivity contribution is 5.72. The van der Waals surface area contributed by atoms with Crippen LogP contribution in [0.1, 0.15) is 0 Å². The normalized spacial score (nSPS) is 10.1. The first-order valence-electron chi connectivity index (χ1n) is 5.33. The van der Waals surface area contributed by atoms with Gasteiger partial charge in [-0.3, -0.25) is 9.78 Å². The van der Waals surface area contributed by atoms with Crippen molar-refractivity contribution in [3.8, 4) is 11.3 Å². The third-order valence-corrected chi connectivity index (χ3v) is 2.35. The minimum Gasteiger partial charge on any atom is -0.480 e. The first-order chi connectivity index (χ1) is 8.65. The smallest absolute Gasteiger partial charge is 0.322 e. The van der Waals surface area contributed by atoms with Gasteiger partial charge in [0.05, 0.1) is 17.6 Å². The van der Waals surface area contributed by atoms with Gasteiger partial charge in [-0.1, -0.05) is 0 Å². The molecule has 0 radical (unpaired) electrons. The Hall–Kier alpha value is -2.43. The predicted molar refractivity (Wildman–Crippen MR) is 65.8 cm³/mol. The number of pyridine rings is 1. The van der Waals surface area contributed by atoms with Crippen molar-refractivity contribution in [3.63, 3.8) is 0 Å². The lowest BCUT2D eigenvalue weighted by atomic mass is 10.1. The van der Waals surface area contributed by atoms with E-state index < -0.39 is 5.97 Å². The van der Waals surface area contributed by atoms with Crippen LogP contribution in [0.5, 0.6) is 0 Å². The maximum absolute atomic E-state index is 12.8. The number of carboxylic acids is 1. The van der Waals surface area contributed by atoms with Gasteiger partial charge in [0.15, 0.2) is 0 Å². The molecule has 92 valence electrons. The standard InChI is InChI=1S/C13H11FN2O2/c14-10-3-1-9(2-4-10)12-6-5-11(7-16-12)15-8-13(17)18/h1-7,15H,8H2,(H,17,18). The number of aromatic nitrogens is 1. The molecule has 4 nitrogen and oxygen atoms in total. The average Bonchev–Trinajstić information content (AvgIpc) is 2.38. The van der Waals surface area contributed by atoms with Crippen molar-refractivity contribution in [1.29, 1.82) is 0 Å². The van der Waals surface area contributed by atoms with Crippen LogP contribution in [0, 0.1) is 5.82 Å². The summed E-state index contributed by atoms with van der Waals surface area (Å²) in [4.78, 5) is 14.6. The number of halogens is 1. The van der Waals surface area contributed by atoms with Gasteiger partial charge in [0, 0.05) is 5.56 Å². The van der Waals surface area contributed by atoms with Crippen molar-refractivity contribution in [2.45, 2.75) is 0 Å². The maximum Gasteiger partial charge on any atom is 0.322 e. The molecule has 0 unspecified atom stereocenters. The molecule has 0 aliphatic carbocycles. The number of anilines is 1. The summed E-state index contributed by atoms with van der Waals surface area (Å²) in [7, 11) is 0. The van der Waals surface area contributed by atoms with Crippen LogP contribution < -0.4 is 5.32 Å². The summed E-state index contributed by atoms with van der Waals surface area (Å²) in [6.07, 6.45) is 1.54. The number of benzene rings is 1. The van der Waals surface area contributed by atoms with Gasteiger partial charge >= 0.3 is 5.97 Å². The van der Waals surface area contributed by atoms with Crippen LogP contribution in [0.3, 0.4) is 0 Å². The summed E-state index contributed by atoms with van der Waals surface area (Å²) in [6.45, 7) is -0.155. The van der Waals surface area contributed by atoms with E-state index in [0.717, 1.165) is 5.56 Å². The molecule has 0 bridgehead atoms. The molecule has 0 saturated carbocycles. The van der Waals surface area contributed by atoms with Gasteiger partial charge in [-0.2, -0.15) is 0 Å². The highest BCUT2D eigenvalue weighted by Crippen LogP contribution is 2.18. The van der Waals surface area contributed by atoms with Crippen molar-refractivity contribution in [1.82, 2.24) is 4.98 Å². The molecule has 0 aliphatic rings. The van der Waals surface area contributed by atoms with Crippen LogP contribution >= 0.6 is 0 Å². The molecule has 2 rings (SSSR count). The van der Waals surface area contributed by atoms with Gasteiger partial charge in [-0.05, 0) is 36.4 Å². The topological polar surface area (TPSA) is 62.2 Å². The molecule has 1 aromatic carbocycles. The lowest BCUT2D eigenvalue weighted by Crippen LogP contribution is -2.12. The van der Waals surface area contributed by atoms with Crippen molar-refractivity contribution < 1.29 is 14.3 Å². The highest BCUT2D eigenvalue weighted by Gasteiger charge is 2.01. The third kappa shape index (κ3) is 3.04. The van der Waals surface area contributed by atoms with Crippen molar-refractivity contribution in [3.05, 3.63) is 48.4 Å². The summed E-state index contributed by atoms with van der Waals surface area (Å²) in [6, 6.07) is 9.50. The summed E-state index contributed by atoms with van der Waals surface area (Å²) in [5, 5.41) is 11.2. The Morgan fingerprint density at radius 2 is 1.94 bits per heavy atom. The number of rotatable bonds is 4. The third-order valence-electron chi connectivity index (χ3n) is 2.35. The van der Waals surface area contributed by atoms with Crippen LogP contribution in [0.4, 0.5) is 10.1 Å². The zero-order chi connectivity index (χ0) is 13.0. The highest BCUT2D eigenvalue weighted by atomic mass is 19.1. The summed E-state index contributed by atoms with van der Waals surface area (Å²) in [5.74, 6) is -1.23. The zero-order valence-corrected chi connectivity index (χ0v) is 9.43. The maximum atomic E-state index is 12.8. The lowest BCUT2D eigenvalue weighted by Gasteiger charge is -2.04. The van der Waals surface area contributed by atoms with E-state index in [-0.39, 0.29) is 12.4 Å². The van der Waals surface area contributed by atoms with Gasteiger partial charge in [0.2, 0.25) is 0 Å². The van der Waals surface area contributed by atoms with Crippen molar-refractivity contribution >= 4 is 11.7 Å². The number of carboxylic acid groups (broad SMARTS) is 1. The van der Waals surface area contributed by atoms with Crippen LogP contribution in [0.25, 0.3) is 11.3 Å². The zero-order valence-electron chi connectivity index (χ0n) is 9.43. The Morgan fingerprint density at radius 3 is 2.50 bits per heavy atom. The SMILES string of the molecule is O=C(O)CNc1ccc(-c2ccc(F)cc2)nc1. The molecule has 0 aliphatic heterocycles. The summed E-state index contributed by atoms with van der Waals surface area (Å²) in [5.41, 5.74) is 2.14. The fraction of sp³-hybridized carbons (Fsp3) is 0.0769. The first kappa shape index (κ1) is 12.0. The minimum absolute atomic E-state index is 0.155. The second-order valence-electron chi connectivity index (χ2n) is 3.69. The van der Waals surface area contributed by atoms with E-state index in [1.807, 2.05) is 0 Å². The Morgan fingerprint density at radius 1 is 1.22 bits per heavy atom. The van der Waals surface area contributed by atoms with Crippen LogP contribution in [0.2, 0.25) is 0 Å². The fourth-order valence-corrected chi connectivity index (χ4v) is 1.47. The summed E-state index contributed by atoms with van der Waals surface area (Å²) < 4.78 is 12.8.